The number of aromatic nitrogens is 4. The first-order chi connectivity index (χ1) is 15.6. The molecule has 0 saturated heterocycles. The van der Waals surface area contributed by atoms with Gasteiger partial charge in [0.25, 0.3) is 0 Å². The molecule has 1 aliphatic rings. The Kier molecular flexibility index (Phi) is 4.98. The summed E-state index contributed by atoms with van der Waals surface area (Å²) < 4.78 is 7.68. The molecular weight excluding hydrogens is 400 g/mol. The standard InChI is InChI=1S/C25H24N6O/c1-15(16-4-5-16)28-24-20-9-6-17(12-21(20)29-30-22(24)14-26)19-8-7-18(13-23(19)32-3)25-27-10-11-31(25)2/h6-13,15-16H,4-5H2,1-3H3,(H,28,29). The Hall–Kier alpha value is -3.92. The van der Waals surface area contributed by atoms with Crippen molar-refractivity contribution in [2.45, 2.75) is 25.8 Å². The topological polar surface area (TPSA) is 88.6 Å². The van der Waals surface area contributed by atoms with E-state index in [1.165, 1.54) is 12.8 Å². The lowest BCUT2D eigenvalue weighted by Crippen LogP contribution is -2.19. The van der Waals surface area contributed by atoms with Crippen LogP contribution in [0.2, 0.25) is 0 Å². The molecule has 0 bridgehead atoms. The zero-order valence-corrected chi connectivity index (χ0v) is 18.3. The maximum Gasteiger partial charge on any atom is 0.186 e. The number of imidazole rings is 1. The highest BCUT2D eigenvalue weighted by Gasteiger charge is 2.29. The minimum absolute atomic E-state index is 0.299. The molecule has 1 saturated carbocycles. The predicted octanol–water partition coefficient (Wildman–Crippen LogP) is 4.79. The number of ether oxygens (including phenoxy) is 1. The lowest BCUT2D eigenvalue weighted by atomic mass is 10.00. The molecule has 1 fully saturated rings. The van der Waals surface area contributed by atoms with Gasteiger partial charge in [-0.1, -0.05) is 12.1 Å². The number of nitriles is 1. The van der Waals surface area contributed by atoms with Crippen LogP contribution >= 0.6 is 0 Å². The summed E-state index contributed by atoms with van der Waals surface area (Å²) >= 11 is 0. The summed E-state index contributed by atoms with van der Waals surface area (Å²) in [7, 11) is 3.64. The minimum atomic E-state index is 0.299. The van der Waals surface area contributed by atoms with Crippen molar-refractivity contribution in [3.63, 3.8) is 0 Å². The first-order valence-corrected chi connectivity index (χ1v) is 10.7. The summed E-state index contributed by atoms with van der Waals surface area (Å²) in [4.78, 5) is 4.43. The van der Waals surface area contributed by atoms with Gasteiger partial charge in [0.1, 0.15) is 17.6 Å². The summed E-state index contributed by atoms with van der Waals surface area (Å²) in [5.41, 5.74) is 4.75. The Morgan fingerprint density at radius 3 is 2.66 bits per heavy atom. The van der Waals surface area contributed by atoms with Crippen molar-refractivity contribution in [1.82, 2.24) is 19.7 Å². The molecule has 1 atom stereocenters. The van der Waals surface area contributed by atoms with E-state index in [4.69, 9.17) is 4.74 Å². The van der Waals surface area contributed by atoms with Crippen LogP contribution in [0.15, 0.2) is 48.8 Å². The smallest absolute Gasteiger partial charge is 0.186 e. The van der Waals surface area contributed by atoms with Crippen molar-refractivity contribution in [2.75, 3.05) is 12.4 Å². The third-order valence-corrected chi connectivity index (χ3v) is 6.16. The number of hydrogen-bond acceptors (Lipinski definition) is 6. The van der Waals surface area contributed by atoms with Gasteiger partial charge in [0, 0.05) is 42.0 Å². The van der Waals surface area contributed by atoms with E-state index in [9.17, 15) is 5.26 Å². The minimum Gasteiger partial charge on any atom is -0.496 e. The van der Waals surface area contributed by atoms with Crippen LogP contribution in [0.1, 0.15) is 25.5 Å². The Morgan fingerprint density at radius 2 is 1.97 bits per heavy atom. The molecule has 2 aromatic carbocycles. The lowest BCUT2D eigenvalue weighted by Gasteiger charge is -2.17. The average Bonchev–Trinajstić information content (AvgIpc) is 3.59. The molecule has 5 rings (SSSR count). The van der Waals surface area contributed by atoms with Gasteiger partial charge < -0.3 is 14.6 Å². The largest absolute Gasteiger partial charge is 0.496 e. The van der Waals surface area contributed by atoms with E-state index >= 15 is 0 Å². The molecular formula is C25H24N6O. The lowest BCUT2D eigenvalue weighted by molar-refractivity contribution is 0.416. The Bertz CT molecular complexity index is 1350. The Balaban J connectivity index is 1.56. The monoisotopic (exact) mass is 424 g/mol. The summed E-state index contributed by atoms with van der Waals surface area (Å²) in [5.74, 6) is 2.29. The van der Waals surface area contributed by atoms with Crippen molar-refractivity contribution >= 4 is 16.6 Å². The second-order valence-electron chi connectivity index (χ2n) is 8.31. The van der Waals surface area contributed by atoms with E-state index in [0.717, 1.165) is 44.9 Å². The first kappa shape index (κ1) is 20.0. The predicted molar refractivity (Wildman–Crippen MR) is 124 cm³/mol. The molecule has 0 aliphatic heterocycles. The van der Waals surface area contributed by atoms with Crippen LogP contribution in [0.4, 0.5) is 5.69 Å². The van der Waals surface area contributed by atoms with E-state index in [-0.39, 0.29) is 0 Å². The number of fused-ring (bicyclic) bond motifs is 1. The number of nitrogens with one attached hydrogen (secondary N) is 1. The van der Waals surface area contributed by atoms with Crippen LogP contribution in [-0.4, -0.2) is 32.9 Å². The number of hydrogen-bond donors (Lipinski definition) is 1. The number of methoxy groups -OCH3 is 1. The number of benzene rings is 2. The van der Waals surface area contributed by atoms with E-state index in [0.29, 0.717) is 17.7 Å². The highest BCUT2D eigenvalue weighted by molar-refractivity contribution is 5.96. The molecule has 4 aromatic rings. The summed E-state index contributed by atoms with van der Waals surface area (Å²) in [5, 5.41) is 22.5. The maximum absolute atomic E-state index is 9.55. The first-order valence-electron chi connectivity index (χ1n) is 10.7. The van der Waals surface area contributed by atoms with Crippen LogP contribution in [0, 0.1) is 17.2 Å². The third-order valence-electron chi connectivity index (χ3n) is 6.16. The fourth-order valence-corrected chi connectivity index (χ4v) is 4.15. The van der Waals surface area contributed by atoms with Crippen LogP contribution in [0.25, 0.3) is 33.4 Å². The average molecular weight is 425 g/mol. The van der Waals surface area contributed by atoms with Crippen molar-refractivity contribution in [3.8, 4) is 34.3 Å². The molecule has 0 radical (unpaired) electrons. The van der Waals surface area contributed by atoms with Gasteiger partial charge in [-0.2, -0.15) is 5.26 Å². The zero-order valence-electron chi connectivity index (χ0n) is 18.3. The van der Waals surface area contributed by atoms with E-state index in [1.54, 1.807) is 13.3 Å². The second-order valence-corrected chi connectivity index (χ2v) is 8.31. The van der Waals surface area contributed by atoms with E-state index < -0.39 is 0 Å². The van der Waals surface area contributed by atoms with Crippen molar-refractivity contribution in [3.05, 3.63) is 54.5 Å². The maximum atomic E-state index is 9.55. The summed E-state index contributed by atoms with van der Waals surface area (Å²) in [6, 6.07) is 14.6. The SMILES string of the molecule is COc1cc(-c2nccn2C)ccc1-c1ccc2c(NC(C)C3CC3)c(C#N)nnc2c1. The van der Waals surface area contributed by atoms with Gasteiger partial charge in [-0.15, -0.1) is 10.2 Å². The highest BCUT2D eigenvalue weighted by atomic mass is 16.5. The van der Waals surface area contributed by atoms with Gasteiger partial charge in [-0.3, -0.25) is 0 Å². The Morgan fingerprint density at radius 1 is 1.16 bits per heavy atom. The van der Waals surface area contributed by atoms with Crippen LogP contribution in [0.3, 0.4) is 0 Å². The van der Waals surface area contributed by atoms with Gasteiger partial charge >= 0.3 is 0 Å². The van der Waals surface area contributed by atoms with Crippen LogP contribution in [0.5, 0.6) is 5.75 Å². The molecule has 7 heteroatoms. The van der Waals surface area contributed by atoms with Gasteiger partial charge in [0.2, 0.25) is 0 Å². The zero-order chi connectivity index (χ0) is 22.2. The van der Waals surface area contributed by atoms with Crippen molar-refractivity contribution in [1.29, 1.82) is 5.26 Å². The number of rotatable bonds is 6. The molecule has 1 N–H and O–H groups in total. The van der Waals surface area contributed by atoms with Crippen molar-refractivity contribution in [2.24, 2.45) is 13.0 Å². The molecule has 0 amide bonds. The second kappa shape index (κ2) is 7.97. The fraction of sp³-hybridized carbons (Fsp3) is 0.280. The van der Waals surface area contributed by atoms with Gasteiger partial charge in [-0.05, 0) is 55.5 Å². The summed E-state index contributed by atoms with van der Waals surface area (Å²) in [6.07, 6.45) is 6.15. The molecule has 1 unspecified atom stereocenters. The highest BCUT2D eigenvalue weighted by Crippen LogP contribution is 2.38. The van der Waals surface area contributed by atoms with E-state index in [1.807, 2.05) is 54.2 Å². The van der Waals surface area contributed by atoms with Crippen LogP contribution in [-0.2, 0) is 7.05 Å². The fourth-order valence-electron chi connectivity index (χ4n) is 4.15. The van der Waals surface area contributed by atoms with Gasteiger partial charge in [-0.25, -0.2) is 4.98 Å². The molecule has 0 spiro atoms. The molecule has 2 aromatic heterocycles. The third kappa shape index (κ3) is 3.54. The van der Waals surface area contributed by atoms with E-state index in [2.05, 4.69) is 33.5 Å². The van der Waals surface area contributed by atoms with Gasteiger partial charge in [0.15, 0.2) is 5.69 Å². The number of anilines is 1. The van der Waals surface area contributed by atoms with Crippen LogP contribution < -0.4 is 10.1 Å². The summed E-state index contributed by atoms with van der Waals surface area (Å²) in [6.45, 7) is 2.16. The quantitative estimate of drug-likeness (QED) is 0.479. The van der Waals surface area contributed by atoms with Crippen molar-refractivity contribution < 1.29 is 4.74 Å². The van der Waals surface area contributed by atoms with Gasteiger partial charge in [0.05, 0.1) is 18.3 Å². The normalized spacial score (nSPS) is 14.2. The number of aryl methyl sites for hydroxylation is 1. The molecule has 32 heavy (non-hydrogen) atoms. The molecule has 2 heterocycles. The number of nitrogens with zero attached hydrogens (tertiary/aromatic N) is 5. The molecule has 1 aliphatic carbocycles. The molecule has 160 valence electrons. The molecule has 7 nitrogen and oxygen atoms in total. The Labute approximate surface area is 186 Å².